The highest BCUT2D eigenvalue weighted by Gasteiger charge is 1.99. The van der Waals surface area contributed by atoms with Crippen LogP contribution in [-0.2, 0) is 0 Å². The van der Waals surface area contributed by atoms with E-state index < -0.39 is 0 Å². The number of aromatic nitrogens is 2. The van der Waals surface area contributed by atoms with Crippen LogP contribution in [0.5, 0.6) is 0 Å². The van der Waals surface area contributed by atoms with Crippen molar-refractivity contribution in [3.8, 4) is 0 Å². The Bertz CT molecular complexity index is 238. The second-order valence-corrected chi connectivity index (χ2v) is 2.62. The summed E-state index contributed by atoms with van der Waals surface area (Å²) in [7, 11) is 0. The predicted molar refractivity (Wildman–Crippen MR) is 44.6 cm³/mol. The molecule has 0 atom stereocenters. The average Bonchev–Trinajstić information content (AvgIpc) is 1.88. The van der Waals surface area contributed by atoms with Crippen LogP contribution in [0.3, 0.4) is 0 Å². The number of halogens is 1. The van der Waals surface area contributed by atoms with Crippen molar-refractivity contribution in [2.24, 2.45) is 0 Å². The second-order valence-electron chi connectivity index (χ2n) is 1.87. The standard InChI is InChI=1S/C7H7BrN2/c1-3-6-5(2)9-4-10-7(6)8/h3-4H,1H2,2H3. The highest BCUT2D eigenvalue weighted by Crippen LogP contribution is 2.15. The summed E-state index contributed by atoms with van der Waals surface area (Å²) in [6.45, 7) is 5.56. The van der Waals surface area contributed by atoms with E-state index in [0.29, 0.717) is 0 Å². The van der Waals surface area contributed by atoms with Gasteiger partial charge in [0.05, 0.1) is 0 Å². The Kier molecular flexibility index (Phi) is 2.17. The molecule has 0 unspecified atom stereocenters. The van der Waals surface area contributed by atoms with Crippen molar-refractivity contribution in [1.29, 1.82) is 0 Å². The Morgan fingerprint density at radius 2 is 2.30 bits per heavy atom. The molecule has 0 aliphatic heterocycles. The van der Waals surface area contributed by atoms with E-state index >= 15 is 0 Å². The SMILES string of the molecule is C=Cc1c(C)ncnc1Br. The molecule has 0 amide bonds. The average molecular weight is 199 g/mol. The van der Waals surface area contributed by atoms with Crippen LogP contribution in [0.2, 0.25) is 0 Å². The number of hydrogen-bond donors (Lipinski definition) is 0. The van der Waals surface area contributed by atoms with Crippen LogP contribution in [0.1, 0.15) is 11.3 Å². The molecule has 1 rings (SSSR count). The normalized spacial score (nSPS) is 9.40. The molecule has 0 aliphatic rings. The van der Waals surface area contributed by atoms with Crippen LogP contribution >= 0.6 is 15.9 Å². The van der Waals surface area contributed by atoms with Gasteiger partial charge in [-0.15, -0.1) is 0 Å². The number of aryl methyl sites for hydroxylation is 1. The Morgan fingerprint density at radius 3 is 2.70 bits per heavy atom. The third kappa shape index (κ3) is 1.24. The maximum Gasteiger partial charge on any atom is 0.117 e. The molecule has 10 heavy (non-hydrogen) atoms. The van der Waals surface area contributed by atoms with E-state index in [9.17, 15) is 0 Å². The molecule has 1 aromatic heterocycles. The van der Waals surface area contributed by atoms with Crippen LogP contribution < -0.4 is 0 Å². The van der Waals surface area contributed by atoms with Gasteiger partial charge in [0.1, 0.15) is 10.9 Å². The van der Waals surface area contributed by atoms with E-state index in [1.807, 2.05) is 6.92 Å². The van der Waals surface area contributed by atoms with Gasteiger partial charge in [0, 0.05) is 11.3 Å². The minimum Gasteiger partial charge on any atom is -0.241 e. The first-order chi connectivity index (χ1) is 4.75. The summed E-state index contributed by atoms with van der Waals surface area (Å²) in [5, 5.41) is 0. The van der Waals surface area contributed by atoms with Crippen LogP contribution in [0.25, 0.3) is 6.08 Å². The second kappa shape index (κ2) is 2.92. The van der Waals surface area contributed by atoms with Crippen molar-refractivity contribution in [1.82, 2.24) is 9.97 Å². The van der Waals surface area contributed by atoms with E-state index in [0.717, 1.165) is 15.9 Å². The van der Waals surface area contributed by atoms with E-state index in [1.54, 1.807) is 6.08 Å². The molecule has 0 bridgehead atoms. The molecule has 3 heteroatoms. The van der Waals surface area contributed by atoms with Gasteiger partial charge in [-0.25, -0.2) is 9.97 Å². The molecule has 2 nitrogen and oxygen atoms in total. The van der Waals surface area contributed by atoms with Crippen molar-refractivity contribution in [2.45, 2.75) is 6.92 Å². The number of rotatable bonds is 1. The van der Waals surface area contributed by atoms with Gasteiger partial charge in [-0.1, -0.05) is 12.7 Å². The third-order valence-corrected chi connectivity index (χ3v) is 1.87. The van der Waals surface area contributed by atoms with Gasteiger partial charge in [-0.05, 0) is 22.9 Å². The van der Waals surface area contributed by atoms with Gasteiger partial charge in [-0.2, -0.15) is 0 Å². The lowest BCUT2D eigenvalue weighted by Gasteiger charge is -1.98. The summed E-state index contributed by atoms with van der Waals surface area (Å²) < 4.78 is 0.801. The highest BCUT2D eigenvalue weighted by molar-refractivity contribution is 9.10. The lowest BCUT2D eigenvalue weighted by atomic mass is 10.2. The van der Waals surface area contributed by atoms with Crippen LogP contribution in [0.15, 0.2) is 17.5 Å². The van der Waals surface area contributed by atoms with Crippen LogP contribution in [0.4, 0.5) is 0 Å². The van der Waals surface area contributed by atoms with Crippen molar-refractivity contribution < 1.29 is 0 Å². The van der Waals surface area contributed by atoms with Gasteiger partial charge < -0.3 is 0 Å². The Balaban J connectivity index is 3.30. The van der Waals surface area contributed by atoms with Crippen molar-refractivity contribution in [3.05, 3.63) is 28.8 Å². The first kappa shape index (κ1) is 7.41. The quantitative estimate of drug-likeness (QED) is 0.648. The molecule has 0 saturated carbocycles. The van der Waals surface area contributed by atoms with E-state index in [-0.39, 0.29) is 0 Å². The molecule has 1 aromatic rings. The summed E-state index contributed by atoms with van der Waals surface area (Å²) in [5.41, 5.74) is 1.90. The minimum atomic E-state index is 0.801. The molecular formula is C7H7BrN2. The Hall–Kier alpha value is -0.700. The molecule has 0 saturated heterocycles. The first-order valence-electron chi connectivity index (χ1n) is 2.85. The zero-order valence-corrected chi connectivity index (χ0v) is 7.22. The third-order valence-electron chi connectivity index (χ3n) is 1.24. The zero-order valence-electron chi connectivity index (χ0n) is 5.63. The smallest absolute Gasteiger partial charge is 0.117 e. The maximum atomic E-state index is 4.00. The van der Waals surface area contributed by atoms with Gasteiger partial charge in [0.15, 0.2) is 0 Å². The topological polar surface area (TPSA) is 25.8 Å². The van der Waals surface area contributed by atoms with E-state index in [1.165, 1.54) is 6.33 Å². The number of nitrogens with zero attached hydrogens (tertiary/aromatic N) is 2. The molecule has 0 fully saturated rings. The lowest BCUT2D eigenvalue weighted by Crippen LogP contribution is -1.89. The van der Waals surface area contributed by atoms with Gasteiger partial charge >= 0.3 is 0 Å². The summed E-state index contributed by atoms with van der Waals surface area (Å²) in [4.78, 5) is 7.94. The van der Waals surface area contributed by atoms with Gasteiger partial charge in [-0.3, -0.25) is 0 Å². The van der Waals surface area contributed by atoms with E-state index in [4.69, 9.17) is 0 Å². The first-order valence-corrected chi connectivity index (χ1v) is 3.64. The largest absolute Gasteiger partial charge is 0.241 e. The van der Waals surface area contributed by atoms with Crippen LogP contribution in [0, 0.1) is 6.92 Å². The molecular weight excluding hydrogens is 192 g/mol. The fourth-order valence-corrected chi connectivity index (χ4v) is 1.23. The molecule has 0 radical (unpaired) electrons. The summed E-state index contributed by atoms with van der Waals surface area (Å²) in [6, 6.07) is 0. The fourth-order valence-electron chi connectivity index (χ4n) is 0.686. The Labute approximate surface area is 68.1 Å². The molecule has 1 heterocycles. The molecule has 0 aliphatic carbocycles. The highest BCUT2D eigenvalue weighted by atomic mass is 79.9. The van der Waals surface area contributed by atoms with Crippen molar-refractivity contribution in [3.63, 3.8) is 0 Å². The Morgan fingerprint density at radius 1 is 1.60 bits per heavy atom. The lowest BCUT2D eigenvalue weighted by molar-refractivity contribution is 1.07. The molecule has 0 N–H and O–H groups in total. The van der Waals surface area contributed by atoms with Gasteiger partial charge in [0.2, 0.25) is 0 Å². The zero-order chi connectivity index (χ0) is 7.56. The van der Waals surface area contributed by atoms with Gasteiger partial charge in [0.25, 0.3) is 0 Å². The maximum absolute atomic E-state index is 4.00. The predicted octanol–water partition coefficient (Wildman–Crippen LogP) is 2.19. The molecule has 52 valence electrons. The minimum absolute atomic E-state index is 0.801. The summed E-state index contributed by atoms with van der Waals surface area (Å²) >= 11 is 3.28. The van der Waals surface area contributed by atoms with Crippen molar-refractivity contribution >= 4 is 22.0 Å². The molecule has 0 spiro atoms. The van der Waals surface area contributed by atoms with Crippen molar-refractivity contribution in [2.75, 3.05) is 0 Å². The molecule has 0 aromatic carbocycles. The summed E-state index contributed by atoms with van der Waals surface area (Å²) in [6.07, 6.45) is 3.26. The number of hydrogen-bond acceptors (Lipinski definition) is 2. The monoisotopic (exact) mass is 198 g/mol. The fraction of sp³-hybridized carbons (Fsp3) is 0.143. The van der Waals surface area contributed by atoms with E-state index in [2.05, 4.69) is 32.5 Å². The summed E-state index contributed by atoms with van der Waals surface area (Å²) in [5.74, 6) is 0. The van der Waals surface area contributed by atoms with Crippen LogP contribution in [-0.4, -0.2) is 9.97 Å².